The summed E-state index contributed by atoms with van der Waals surface area (Å²) in [5.74, 6) is -0.0188. The number of hydrogen-bond acceptors (Lipinski definition) is 8. The Morgan fingerprint density at radius 1 is 1.15 bits per heavy atom. The Labute approximate surface area is 238 Å². The third-order valence-corrected chi connectivity index (χ3v) is 9.39. The topological polar surface area (TPSA) is 163 Å². The van der Waals surface area contributed by atoms with Crippen LogP contribution >= 0.6 is 11.3 Å². The van der Waals surface area contributed by atoms with Crippen LogP contribution in [0.3, 0.4) is 0 Å². The summed E-state index contributed by atoms with van der Waals surface area (Å²) in [5, 5.41) is 29.5. The lowest BCUT2D eigenvalue weighted by atomic mass is 9.81. The molecule has 2 heterocycles. The van der Waals surface area contributed by atoms with Gasteiger partial charge in [-0.3, -0.25) is 14.9 Å². The molecule has 2 bridgehead atoms. The summed E-state index contributed by atoms with van der Waals surface area (Å²) in [6.45, 7) is 2.04. The zero-order chi connectivity index (χ0) is 28.8. The van der Waals surface area contributed by atoms with Gasteiger partial charge in [-0.15, -0.1) is 11.3 Å². The number of anilines is 2. The van der Waals surface area contributed by atoms with Gasteiger partial charge in [0.2, 0.25) is 11.8 Å². The highest BCUT2D eigenvalue weighted by Gasteiger charge is 2.30. The molecule has 1 aliphatic carbocycles. The summed E-state index contributed by atoms with van der Waals surface area (Å²) in [4.78, 5) is 39.7. The van der Waals surface area contributed by atoms with E-state index >= 15 is 0 Å². The van der Waals surface area contributed by atoms with E-state index in [1.807, 2.05) is 13.0 Å². The van der Waals surface area contributed by atoms with Crippen molar-refractivity contribution >= 4 is 40.6 Å². The lowest BCUT2D eigenvalue weighted by Crippen LogP contribution is -2.36. The Morgan fingerprint density at radius 3 is 2.58 bits per heavy atom. The number of carbonyl (C=O) groups excluding carboxylic acids is 3. The van der Waals surface area contributed by atoms with Crippen LogP contribution in [-0.2, 0) is 14.3 Å². The number of hydrogen-bond donors (Lipinski definition) is 6. The number of thiophene rings is 1. The molecule has 1 unspecified atom stereocenters. The monoisotopic (exact) mass is 572 g/mol. The summed E-state index contributed by atoms with van der Waals surface area (Å²) in [6, 6.07) is 6.72. The van der Waals surface area contributed by atoms with Crippen molar-refractivity contribution in [2.75, 3.05) is 30.9 Å². The molecule has 2 aliphatic rings. The fourth-order valence-electron chi connectivity index (χ4n) is 5.52. The van der Waals surface area contributed by atoms with Gasteiger partial charge in [-0.25, -0.2) is 4.79 Å². The minimum absolute atomic E-state index is 0.0245. The molecule has 10 nitrogen and oxygen atoms in total. The van der Waals surface area contributed by atoms with Crippen molar-refractivity contribution in [2.24, 2.45) is 23.5 Å². The van der Waals surface area contributed by atoms with Crippen LogP contribution in [0, 0.1) is 17.8 Å². The number of rotatable bonds is 6. The highest BCUT2D eigenvalue weighted by atomic mass is 32.1. The molecule has 4 rings (SSSR count). The van der Waals surface area contributed by atoms with Crippen molar-refractivity contribution in [3.05, 3.63) is 34.0 Å². The van der Waals surface area contributed by atoms with Gasteiger partial charge >= 0.3 is 6.09 Å². The smallest absolute Gasteiger partial charge is 0.411 e. The molecule has 40 heavy (non-hydrogen) atoms. The van der Waals surface area contributed by atoms with Crippen molar-refractivity contribution in [3.63, 3.8) is 0 Å². The van der Waals surface area contributed by atoms with Crippen molar-refractivity contribution in [1.29, 1.82) is 0 Å². The molecule has 7 N–H and O–H groups in total. The van der Waals surface area contributed by atoms with Crippen LogP contribution in [0.5, 0.6) is 0 Å². The van der Waals surface area contributed by atoms with E-state index in [-0.39, 0.29) is 29.7 Å². The molecule has 0 saturated heterocycles. The molecule has 2 aromatic rings. The molecule has 218 valence electrons. The Kier molecular flexibility index (Phi) is 10.2. The van der Waals surface area contributed by atoms with E-state index in [0.29, 0.717) is 59.1 Å². The second-order valence-electron chi connectivity index (χ2n) is 10.8. The number of ether oxygens (including phenoxy) is 1. The first-order valence-electron chi connectivity index (χ1n) is 14.0. The van der Waals surface area contributed by atoms with Crippen LogP contribution in [0.1, 0.15) is 73.8 Å². The molecule has 1 aliphatic heterocycles. The minimum atomic E-state index is -1.14. The van der Waals surface area contributed by atoms with E-state index in [4.69, 9.17) is 10.5 Å². The number of amides is 3. The van der Waals surface area contributed by atoms with Crippen molar-refractivity contribution < 1.29 is 29.3 Å². The fourth-order valence-corrected chi connectivity index (χ4v) is 6.76. The SMILES string of the molecule is COC(=O)Nc1ccc2c(c1)NC(=O)[C@H](C)CCC[C@H](NC(=O)[C@H]1CC[C@H](CN)CC1)c1cc-2c(C(O)CO)s1. The zero-order valence-corrected chi connectivity index (χ0v) is 23.9. The third-order valence-electron chi connectivity index (χ3n) is 8.04. The number of aliphatic hydroxyl groups excluding tert-OH is 2. The first-order valence-corrected chi connectivity index (χ1v) is 14.8. The number of methoxy groups -OCH3 is 1. The van der Waals surface area contributed by atoms with Crippen LogP contribution in [0.25, 0.3) is 11.1 Å². The van der Waals surface area contributed by atoms with Gasteiger partial charge in [-0.1, -0.05) is 19.4 Å². The fraction of sp³-hybridized carbons (Fsp3) is 0.552. The summed E-state index contributed by atoms with van der Waals surface area (Å²) < 4.78 is 4.70. The van der Waals surface area contributed by atoms with Gasteiger partial charge in [-0.05, 0) is 69.2 Å². The molecule has 1 fully saturated rings. The quantitative estimate of drug-likeness (QED) is 0.301. The second kappa shape index (κ2) is 13.6. The zero-order valence-electron chi connectivity index (χ0n) is 23.1. The maximum Gasteiger partial charge on any atom is 0.411 e. The van der Waals surface area contributed by atoms with E-state index < -0.39 is 18.8 Å². The average Bonchev–Trinajstić information content (AvgIpc) is 3.40. The van der Waals surface area contributed by atoms with Crippen LogP contribution < -0.4 is 21.7 Å². The number of nitrogens with one attached hydrogen (secondary N) is 3. The summed E-state index contributed by atoms with van der Waals surface area (Å²) in [7, 11) is 1.27. The largest absolute Gasteiger partial charge is 0.453 e. The highest BCUT2D eigenvalue weighted by molar-refractivity contribution is 7.12. The lowest BCUT2D eigenvalue weighted by Gasteiger charge is -2.28. The van der Waals surface area contributed by atoms with Gasteiger partial charge in [0.15, 0.2) is 0 Å². The molecule has 0 radical (unpaired) electrons. The van der Waals surface area contributed by atoms with Crippen LogP contribution in [-0.4, -0.2) is 48.4 Å². The first kappa shape index (κ1) is 30.0. The Morgan fingerprint density at radius 2 is 1.90 bits per heavy atom. The molecule has 3 atom stereocenters. The predicted molar refractivity (Wildman–Crippen MR) is 155 cm³/mol. The van der Waals surface area contributed by atoms with Gasteiger partial charge < -0.3 is 31.3 Å². The lowest BCUT2D eigenvalue weighted by molar-refractivity contribution is -0.127. The van der Waals surface area contributed by atoms with Crippen molar-refractivity contribution in [3.8, 4) is 11.1 Å². The minimum Gasteiger partial charge on any atom is -0.453 e. The van der Waals surface area contributed by atoms with Crippen LogP contribution in [0.4, 0.5) is 16.2 Å². The normalized spacial score (nSPS) is 24.0. The van der Waals surface area contributed by atoms with E-state index in [1.54, 1.807) is 18.2 Å². The van der Waals surface area contributed by atoms with E-state index in [2.05, 4.69) is 16.0 Å². The molecule has 3 amide bonds. The van der Waals surface area contributed by atoms with Crippen LogP contribution in [0.2, 0.25) is 0 Å². The van der Waals surface area contributed by atoms with Gasteiger partial charge in [0.25, 0.3) is 0 Å². The highest BCUT2D eigenvalue weighted by Crippen LogP contribution is 2.43. The van der Waals surface area contributed by atoms with Crippen molar-refractivity contribution in [2.45, 2.75) is 64.0 Å². The van der Waals surface area contributed by atoms with E-state index in [9.17, 15) is 24.6 Å². The number of nitrogens with two attached hydrogens (primary N) is 1. The van der Waals surface area contributed by atoms with Crippen molar-refractivity contribution in [1.82, 2.24) is 5.32 Å². The predicted octanol–water partition coefficient (Wildman–Crippen LogP) is 4.30. The van der Waals surface area contributed by atoms with E-state index in [1.165, 1.54) is 18.4 Å². The van der Waals surface area contributed by atoms with Gasteiger partial charge in [0.1, 0.15) is 6.10 Å². The molecule has 1 aromatic carbocycles. The number of aliphatic hydroxyl groups is 2. The summed E-state index contributed by atoms with van der Waals surface area (Å²) >= 11 is 1.35. The van der Waals surface area contributed by atoms with E-state index in [0.717, 1.165) is 30.6 Å². The number of carbonyl (C=O) groups is 3. The average molecular weight is 573 g/mol. The summed E-state index contributed by atoms with van der Waals surface area (Å²) in [6.07, 6.45) is 3.73. The first-order chi connectivity index (χ1) is 19.2. The molecule has 0 spiro atoms. The maximum atomic E-state index is 13.4. The molecule has 1 aromatic heterocycles. The molecular weight excluding hydrogens is 532 g/mol. The van der Waals surface area contributed by atoms with Gasteiger partial charge in [-0.2, -0.15) is 0 Å². The maximum absolute atomic E-state index is 13.4. The molecular formula is C29H40N4O6S. The summed E-state index contributed by atoms with van der Waals surface area (Å²) in [5.41, 5.74) is 8.00. The van der Waals surface area contributed by atoms with Gasteiger partial charge in [0, 0.05) is 38.4 Å². The van der Waals surface area contributed by atoms with Crippen LogP contribution in [0.15, 0.2) is 24.3 Å². The Hall–Kier alpha value is -2.99. The molecule has 11 heteroatoms. The Bertz CT molecular complexity index is 1210. The number of fused-ring (bicyclic) bond motifs is 4. The third kappa shape index (κ3) is 7.01. The van der Waals surface area contributed by atoms with Gasteiger partial charge in [0.05, 0.1) is 25.4 Å². The standard InChI is InChI=1S/C29H40N4O6S/c1-16-4-3-5-22(32-28(37)18-8-6-17(14-30)7-9-18)25-13-21(26(40-25)24(35)15-34)20-11-10-19(31-29(38)39-2)12-23(20)33-27(16)36/h10-13,16-18,22,24,34-35H,3-9,14-15,30H2,1-2H3,(H,31,38)(H,32,37)(H,33,36)/t16-,17-,18-,22+,24?/m1/s1. The number of benzene rings is 1. The Balaban J connectivity index is 1.73. The second-order valence-corrected chi connectivity index (χ2v) is 12.0. The molecule has 1 saturated carbocycles.